The van der Waals surface area contributed by atoms with Crippen LogP contribution in [0, 0.1) is 0 Å². The molecule has 0 spiro atoms. The number of thiocarbonyl (C=S) groups is 1. The molecule has 1 saturated carbocycles. The molecule has 2 fully saturated rings. The van der Waals surface area contributed by atoms with Crippen LogP contribution in [0.15, 0.2) is 81.3 Å². The molecule has 2 aromatic heterocycles. The molecule has 1 aliphatic heterocycles. The molecule has 1 aliphatic carbocycles. The van der Waals surface area contributed by atoms with Gasteiger partial charge in [0, 0.05) is 17.1 Å². The standard InChI is InChI=1S/C24H25N3OS2/c29-24-26-22(19-13-7-8-16-25-19)23(27(24)17-9-3-1-4-10-17)20-14-15-21(28-20)30-18-11-5-2-6-12-18/h2,5-8,11-17,22-23H,1,3-4,9-10H2,(H,26,29)/t22-,23+/m1/s1. The molecule has 2 aliphatic rings. The first kappa shape index (κ1) is 19.6. The summed E-state index contributed by atoms with van der Waals surface area (Å²) in [7, 11) is 0. The molecule has 0 unspecified atom stereocenters. The van der Waals surface area contributed by atoms with Gasteiger partial charge in [-0.1, -0.05) is 55.3 Å². The Hall–Kier alpha value is -2.31. The van der Waals surface area contributed by atoms with Gasteiger partial charge in [-0.2, -0.15) is 0 Å². The van der Waals surface area contributed by atoms with Gasteiger partial charge in [0.25, 0.3) is 0 Å². The molecular weight excluding hydrogens is 410 g/mol. The zero-order valence-corrected chi connectivity index (χ0v) is 18.4. The van der Waals surface area contributed by atoms with E-state index in [2.05, 4.69) is 45.5 Å². The van der Waals surface area contributed by atoms with E-state index in [4.69, 9.17) is 16.6 Å². The van der Waals surface area contributed by atoms with E-state index in [-0.39, 0.29) is 12.1 Å². The lowest BCUT2D eigenvalue weighted by molar-refractivity contribution is 0.174. The minimum Gasteiger partial charge on any atom is -0.452 e. The number of aromatic nitrogens is 1. The van der Waals surface area contributed by atoms with E-state index in [1.54, 1.807) is 11.8 Å². The predicted molar refractivity (Wildman–Crippen MR) is 123 cm³/mol. The fourth-order valence-corrected chi connectivity index (χ4v) is 5.76. The molecule has 2 atom stereocenters. The molecule has 154 valence electrons. The molecule has 30 heavy (non-hydrogen) atoms. The number of hydrogen-bond acceptors (Lipinski definition) is 4. The van der Waals surface area contributed by atoms with Gasteiger partial charge in [-0.05, 0) is 61.5 Å². The van der Waals surface area contributed by atoms with Gasteiger partial charge in [0.1, 0.15) is 11.8 Å². The van der Waals surface area contributed by atoms with Gasteiger partial charge in [0.2, 0.25) is 0 Å². The number of nitrogens with zero attached hydrogens (tertiary/aromatic N) is 2. The Labute approximate surface area is 187 Å². The van der Waals surface area contributed by atoms with Crippen LogP contribution in [0.3, 0.4) is 0 Å². The normalized spacial score (nSPS) is 22.3. The number of hydrogen-bond donors (Lipinski definition) is 1. The van der Waals surface area contributed by atoms with Crippen LogP contribution in [0.2, 0.25) is 0 Å². The zero-order chi connectivity index (χ0) is 20.3. The molecular formula is C24H25N3OS2. The Morgan fingerprint density at radius 3 is 2.53 bits per heavy atom. The van der Waals surface area contributed by atoms with Crippen LogP contribution in [0.1, 0.15) is 55.6 Å². The van der Waals surface area contributed by atoms with Gasteiger partial charge in [0.05, 0.1) is 11.7 Å². The third kappa shape index (κ3) is 3.98. The Morgan fingerprint density at radius 1 is 0.967 bits per heavy atom. The van der Waals surface area contributed by atoms with E-state index in [9.17, 15) is 0 Å². The summed E-state index contributed by atoms with van der Waals surface area (Å²) < 4.78 is 6.39. The molecule has 5 rings (SSSR count). The average Bonchev–Trinajstić information content (AvgIpc) is 3.39. The topological polar surface area (TPSA) is 41.3 Å². The van der Waals surface area contributed by atoms with E-state index in [1.165, 1.54) is 37.0 Å². The quantitative estimate of drug-likeness (QED) is 0.486. The fourth-order valence-electron chi connectivity index (χ4n) is 4.58. The molecule has 1 saturated heterocycles. The lowest BCUT2D eigenvalue weighted by Gasteiger charge is -2.36. The van der Waals surface area contributed by atoms with Crippen molar-refractivity contribution >= 4 is 29.1 Å². The number of pyridine rings is 1. The second-order valence-corrected chi connectivity index (χ2v) is 9.36. The summed E-state index contributed by atoms with van der Waals surface area (Å²) in [6.07, 6.45) is 8.05. The summed E-state index contributed by atoms with van der Waals surface area (Å²) in [6, 6.07) is 21.0. The van der Waals surface area contributed by atoms with Crippen LogP contribution >= 0.6 is 24.0 Å². The zero-order valence-electron chi connectivity index (χ0n) is 16.7. The Bertz CT molecular complexity index is 986. The Kier molecular flexibility index (Phi) is 5.77. The van der Waals surface area contributed by atoms with Crippen molar-refractivity contribution in [2.75, 3.05) is 0 Å². The van der Waals surface area contributed by atoms with Crippen LogP contribution in [0.25, 0.3) is 0 Å². The van der Waals surface area contributed by atoms with E-state index >= 15 is 0 Å². The second kappa shape index (κ2) is 8.82. The van der Waals surface area contributed by atoms with E-state index in [0.717, 1.165) is 21.7 Å². The maximum absolute atomic E-state index is 6.39. The van der Waals surface area contributed by atoms with Crippen molar-refractivity contribution in [1.29, 1.82) is 0 Å². The minimum atomic E-state index is -0.0126. The second-order valence-electron chi connectivity index (χ2n) is 7.90. The molecule has 3 aromatic rings. The third-order valence-electron chi connectivity index (χ3n) is 5.96. The lowest BCUT2D eigenvalue weighted by Crippen LogP contribution is -2.40. The summed E-state index contributed by atoms with van der Waals surface area (Å²) in [5.41, 5.74) is 0.997. The number of furan rings is 1. The van der Waals surface area contributed by atoms with Gasteiger partial charge >= 0.3 is 0 Å². The monoisotopic (exact) mass is 435 g/mol. The smallest absolute Gasteiger partial charge is 0.170 e. The molecule has 0 amide bonds. The number of rotatable bonds is 5. The SMILES string of the molecule is S=C1N[C@H](c2ccccn2)[C@H](c2ccc(Sc3ccccc3)o2)N1C1CCCCC1. The first-order chi connectivity index (χ1) is 14.8. The van der Waals surface area contributed by atoms with Gasteiger partial charge in [-0.3, -0.25) is 4.98 Å². The molecule has 4 nitrogen and oxygen atoms in total. The summed E-state index contributed by atoms with van der Waals surface area (Å²) >= 11 is 7.48. The molecule has 0 radical (unpaired) electrons. The fraction of sp³-hybridized carbons (Fsp3) is 0.333. The average molecular weight is 436 g/mol. The maximum Gasteiger partial charge on any atom is 0.170 e. The molecule has 0 bridgehead atoms. The largest absolute Gasteiger partial charge is 0.452 e. The van der Waals surface area contributed by atoms with Crippen LogP contribution in [-0.4, -0.2) is 21.0 Å². The van der Waals surface area contributed by atoms with Crippen molar-refractivity contribution < 1.29 is 4.42 Å². The maximum atomic E-state index is 6.39. The first-order valence-electron chi connectivity index (χ1n) is 10.6. The summed E-state index contributed by atoms with van der Waals surface area (Å²) in [4.78, 5) is 8.19. The highest BCUT2D eigenvalue weighted by Gasteiger charge is 2.44. The highest BCUT2D eigenvalue weighted by Crippen LogP contribution is 2.44. The van der Waals surface area contributed by atoms with Gasteiger partial charge in [0.15, 0.2) is 10.2 Å². The minimum absolute atomic E-state index is 0.0126. The van der Waals surface area contributed by atoms with Crippen LogP contribution in [-0.2, 0) is 0 Å². The van der Waals surface area contributed by atoms with Crippen molar-refractivity contribution in [3.8, 4) is 0 Å². The highest BCUT2D eigenvalue weighted by atomic mass is 32.2. The van der Waals surface area contributed by atoms with Crippen molar-refractivity contribution in [1.82, 2.24) is 15.2 Å². The first-order valence-corrected chi connectivity index (χ1v) is 11.8. The lowest BCUT2D eigenvalue weighted by atomic mass is 9.92. The summed E-state index contributed by atoms with van der Waals surface area (Å²) in [5.74, 6) is 0.946. The van der Waals surface area contributed by atoms with E-state index < -0.39 is 0 Å². The van der Waals surface area contributed by atoms with Crippen LogP contribution in [0.5, 0.6) is 0 Å². The van der Waals surface area contributed by atoms with Gasteiger partial charge in [-0.25, -0.2) is 0 Å². The van der Waals surface area contributed by atoms with Gasteiger partial charge < -0.3 is 14.6 Å². The van der Waals surface area contributed by atoms with Gasteiger partial charge in [-0.15, -0.1) is 0 Å². The number of benzene rings is 1. The predicted octanol–water partition coefficient (Wildman–Crippen LogP) is 6.13. The molecule has 6 heteroatoms. The van der Waals surface area contributed by atoms with E-state index in [0.29, 0.717) is 6.04 Å². The molecule has 1 aromatic carbocycles. The van der Waals surface area contributed by atoms with Crippen molar-refractivity contribution in [3.63, 3.8) is 0 Å². The van der Waals surface area contributed by atoms with E-state index in [1.807, 2.05) is 36.5 Å². The van der Waals surface area contributed by atoms with Crippen molar-refractivity contribution in [2.24, 2.45) is 0 Å². The molecule has 3 heterocycles. The third-order valence-corrected chi connectivity index (χ3v) is 7.22. The highest BCUT2D eigenvalue weighted by molar-refractivity contribution is 7.99. The van der Waals surface area contributed by atoms with Crippen molar-refractivity contribution in [2.45, 2.75) is 60.2 Å². The number of nitrogens with one attached hydrogen (secondary N) is 1. The van der Waals surface area contributed by atoms with Crippen LogP contribution in [0.4, 0.5) is 0 Å². The summed E-state index contributed by atoms with van der Waals surface area (Å²) in [5, 5.41) is 5.27. The Balaban J connectivity index is 1.48. The van der Waals surface area contributed by atoms with Crippen LogP contribution < -0.4 is 5.32 Å². The molecule has 1 N–H and O–H groups in total. The Morgan fingerprint density at radius 2 is 1.77 bits per heavy atom. The summed E-state index contributed by atoms with van der Waals surface area (Å²) in [6.45, 7) is 0. The van der Waals surface area contributed by atoms with Crippen molar-refractivity contribution in [3.05, 3.63) is 78.3 Å².